The molecular formula is CHO5S-. The minimum Gasteiger partial charge on any atom is -0.533 e. The highest BCUT2D eigenvalue weighted by molar-refractivity contribution is 8.00. The van der Waals surface area contributed by atoms with E-state index >= 15 is 0 Å². The summed E-state index contributed by atoms with van der Waals surface area (Å²) in [6.07, 6.45) is 0. The van der Waals surface area contributed by atoms with Crippen molar-refractivity contribution in [1.82, 2.24) is 0 Å². The van der Waals surface area contributed by atoms with Crippen molar-refractivity contribution in [3.8, 4) is 0 Å². The molecule has 42 valence electrons. The molecule has 0 aromatic rings. The Labute approximate surface area is 39.3 Å². The molecule has 1 N–H and O–H groups in total. The van der Waals surface area contributed by atoms with E-state index in [2.05, 4.69) is 0 Å². The van der Waals surface area contributed by atoms with Crippen LogP contribution >= 0.6 is 0 Å². The van der Waals surface area contributed by atoms with Crippen LogP contribution in [0.15, 0.2) is 0 Å². The van der Waals surface area contributed by atoms with Crippen LogP contribution in [0.3, 0.4) is 0 Å². The van der Waals surface area contributed by atoms with Crippen LogP contribution in [0.5, 0.6) is 0 Å². The van der Waals surface area contributed by atoms with Gasteiger partial charge in [-0.2, -0.15) is 8.42 Å². The highest BCUT2D eigenvalue weighted by Gasteiger charge is 2.01. The number of carbonyl (C=O) groups is 1. The molecule has 0 aromatic heterocycles. The Morgan fingerprint density at radius 2 is 1.71 bits per heavy atom. The smallest absolute Gasteiger partial charge is 0.309 e. The molecule has 0 aromatic carbocycles. The molecule has 7 heavy (non-hydrogen) atoms. The minimum atomic E-state index is -4.94. The van der Waals surface area contributed by atoms with E-state index in [0.717, 1.165) is 0 Å². The molecule has 0 aliphatic rings. The van der Waals surface area contributed by atoms with Gasteiger partial charge < -0.3 is 9.90 Å². The molecule has 0 spiro atoms. The predicted octanol–water partition coefficient (Wildman–Crippen LogP) is -1.78. The second kappa shape index (κ2) is 1.47. The van der Waals surface area contributed by atoms with E-state index in [4.69, 9.17) is 14.5 Å². The summed E-state index contributed by atoms with van der Waals surface area (Å²) in [6.45, 7) is 0. The molecule has 6 heteroatoms. The normalized spacial score (nSPS) is 11.0. The summed E-state index contributed by atoms with van der Waals surface area (Å²) in [7, 11) is -4.94. The molecule has 0 bridgehead atoms. The van der Waals surface area contributed by atoms with Crippen LogP contribution in [-0.4, -0.2) is 18.3 Å². The summed E-state index contributed by atoms with van der Waals surface area (Å²) in [6, 6.07) is 0. The Bertz CT molecular complexity index is 163. The maximum atomic E-state index is 9.22. The Kier molecular flexibility index (Phi) is 1.34. The summed E-state index contributed by atoms with van der Waals surface area (Å²) >= 11 is 0. The van der Waals surface area contributed by atoms with Crippen molar-refractivity contribution in [1.29, 1.82) is 0 Å². The van der Waals surface area contributed by atoms with Crippen LogP contribution < -0.4 is 5.11 Å². The molecule has 0 aliphatic heterocycles. The molecule has 0 radical (unpaired) electrons. The first-order valence-electron chi connectivity index (χ1n) is 1.13. The third kappa shape index (κ3) is 2.12. The van der Waals surface area contributed by atoms with Gasteiger partial charge in [0.15, 0.2) is 5.30 Å². The van der Waals surface area contributed by atoms with E-state index in [-0.39, 0.29) is 0 Å². The zero-order valence-corrected chi connectivity index (χ0v) is 3.80. The van der Waals surface area contributed by atoms with Gasteiger partial charge in [0.2, 0.25) is 0 Å². The van der Waals surface area contributed by atoms with Gasteiger partial charge in [-0.1, -0.05) is 0 Å². The lowest BCUT2D eigenvalue weighted by Gasteiger charge is -1.90. The van der Waals surface area contributed by atoms with Crippen LogP contribution in [0.2, 0.25) is 0 Å². The second-order valence-corrected chi connectivity index (χ2v) is 2.01. The number of carboxylic acid groups (broad SMARTS) is 1. The van der Waals surface area contributed by atoms with Gasteiger partial charge in [0.25, 0.3) is 0 Å². The largest absolute Gasteiger partial charge is 0.533 e. The number of hydrogen-bond acceptors (Lipinski definition) is 4. The molecular weight excluding hydrogens is 124 g/mol. The summed E-state index contributed by atoms with van der Waals surface area (Å²) in [5.41, 5.74) is 0. The quantitative estimate of drug-likeness (QED) is 0.386. The highest BCUT2D eigenvalue weighted by atomic mass is 32.2. The van der Waals surface area contributed by atoms with E-state index in [9.17, 15) is 8.42 Å². The summed E-state index contributed by atoms with van der Waals surface area (Å²) in [5.74, 6) is 0. The van der Waals surface area contributed by atoms with Crippen molar-refractivity contribution in [2.24, 2.45) is 0 Å². The van der Waals surface area contributed by atoms with Gasteiger partial charge in [-0.25, -0.2) is 0 Å². The first-order chi connectivity index (χ1) is 2.94. The first kappa shape index (κ1) is 6.38. The fourth-order valence-corrected chi connectivity index (χ4v) is 0. The average molecular weight is 125 g/mol. The van der Waals surface area contributed by atoms with Crippen molar-refractivity contribution in [2.45, 2.75) is 0 Å². The molecule has 0 heterocycles. The molecule has 0 atom stereocenters. The van der Waals surface area contributed by atoms with Gasteiger partial charge in [0, 0.05) is 0 Å². The Morgan fingerprint density at radius 3 is 1.71 bits per heavy atom. The van der Waals surface area contributed by atoms with Gasteiger partial charge in [-0.3, -0.25) is 4.55 Å². The lowest BCUT2D eigenvalue weighted by Crippen LogP contribution is -2.29. The van der Waals surface area contributed by atoms with Crippen LogP contribution in [0.25, 0.3) is 0 Å². The molecule has 0 rings (SSSR count). The standard InChI is InChI=1S/CH2O5S/c2-1(3)7(4,5)6/h(H,2,3)(H,4,5,6)/p-1. The topological polar surface area (TPSA) is 94.5 Å². The molecule has 0 amide bonds. The fourth-order valence-electron chi connectivity index (χ4n) is 0. The Balaban J connectivity index is 4.43. The zero-order chi connectivity index (χ0) is 6.08. The molecule has 5 nitrogen and oxygen atoms in total. The fraction of sp³-hybridized carbons (Fsp3) is 0. The van der Waals surface area contributed by atoms with Crippen LogP contribution in [0.4, 0.5) is 4.79 Å². The third-order valence-corrected chi connectivity index (χ3v) is 0.632. The summed E-state index contributed by atoms with van der Waals surface area (Å²) in [4.78, 5) is 9.07. The van der Waals surface area contributed by atoms with E-state index in [1.54, 1.807) is 0 Å². The SMILES string of the molecule is O=C([O-])S(=O)(=O)O. The van der Waals surface area contributed by atoms with Crippen molar-refractivity contribution in [2.75, 3.05) is 0 Å². The van der Waals surface area contributed by atoms with Crippen molar-refractivity contribution in [3.63, 3.8) is 0 Å². The van der Waals surface area contributed by atoms with Crippen molar-refractivity contribution < 1.29 is 22.9 Å². The van der Waals surface area contributed by atoms with E-state index in [1.807, 2.05) is 0 Å². The van der Waals surface area contributed by atoms with Crippen LogP contribution in [0, 0.1) is 0 Å². The number of hydrogen-bond donors (Lipinski definition) is 1. The number of rotatable bonds is 0. The van der Waals surface area contributed by atoms with Crippen LogP contribution in [-0.2, 0) is 10.1 Å². The van der Waals surface area contributed by atoms with Gasteiger partial charge in [0.1, 0.15) is 0 Å². The molecule has 0 fully saturated rings. The Morgan fingerprint density at radius 1 is 1.57 bits per heavy atom. The lowest BCUT2D eigenvalue weighted by molar-refractivity contribution is -0.234. The zero-order valence-electron chi connectivity index (χ0n) is 2.99. The highest BCUT2D eigenvalue weighted by Crippen LogP contribution is 1.74. The van der Waals surface area contributed by atoms with Crippen molar-refractivity contribution in [3.05, 3.63) is 0 Å². The predicted molar refractivity (Wildman–Crippen MR) is 16.9 cm³/mol. The second-order valence-electron chi connectivity index (χ2n) is 0.725. The Hall–Kier alpha value is -0.620. The average Bonchev–Trinajstić information content (AvgIpc) is 1.31. The van der Waals surface area contributed by atoms with Gasteiger partial charge in [-0.05, 0) is 0 Å². The third-order valence-electron chi connectivity index (χ3n) is 0.211. The maximum Gasteiger partial charge on any atom is 0.309 e. The molecule has 0 saturated heterocycles. The molecule has 0 unspecified atom stereocenters. The van der Waals surface area contributed by atoms with Crippen LogP contribution in [0.1, 0.15) is 0 Å². The maximum absolute atomic E-state index is 9.22. The van der Waals surface area contributed by atoms with E-state index in [0.29, 0.717) is 0 Å². The minimum absolute atomic E-state index is 2.48. The van der Waals surface area contributed by atoms with Gasteiger partial charge in [0.05, 0.1) is 0 Å². The summed E-state index contributed by atoms with van der Waals surface area (Å²) < 4.78 is 25.9. The van der Waals surface area contributed by atoms with Gasteiger partial charge in [-0.15, -0.1) is 0 Å². The van der Waals surface area contributed by atoms with Crippen molar-refractivity contribution >= 4 is 15.4 Å². The van der Waals surface area contributed by atoms with E-state index in [1.165, 1.54) is 0 Å². The molecule has 0 saturated carbocycles. The van der Waals surface area contributed by atoms with Gasteiger partial charge >= 0.3 is 10.1 Å². The molecule has 0 aliphatic carbocycles. The lowest BCUT2D eigenvalue weighted by atomic mass is 11.6. The van der Waals surface area contributed by atoms with E-state index < -0.39 is 15.4 Å². The summed E-state index contributed by atoms with van der Waals surface area (Å²) in [5, 5.41) is 6.59. The number of carbonyl (C=O) groups excluding carboxylic acids is 1. The monoisotopic (exact) mass is 125 g/mol. The first-order valence-corrected chi connectivity index (χ1v) is 2.57.